The molecule has 0 fully saturated rings. The average Bonchev–Trinajstić information content (AvgIpc) is 3.10. The number of carbonyl (C=O) groups excluding carboxylic acids is 1. The van der Waals surface area contributed by atoms with Gasteiger partial charge in [-0.25, -0.2) is 4.39 Å². The highest BCUT2D eigenvalue weighted by Crippen LogP contribution is 2.45. The maximum atomic E-state index is 14.2. The van der Waals surface area contributed by atoms with Crippen LogP contribution in [0.4, 0.5) is 4.39 Å². The Morgan fingerprint density at radius 2 is 1.66 bits per heavy atom. The minimum absolute atomic E-state index is 0.0734. The predicted octanol–water partition coefficient (Wildman–Crippen LogP) is 5.03. The Hall–Kier alpha value is -3.32. The summed E-state index contributed by atoms with van der Waals surface area (Å²) in [6.07, 6.45) is 2.19. The number of benzene rings is 2. The fraction of sp³-hybridized carbons (Fsp3) is 0.393. The molecule has 1 amide bonds. The topological polar surface area (TPSA) is 60.0 Å². The first kappa shape index (κ1) is 26.3. The largest absolute Gasteiger partial charge is 0.493 e. The molecule has 2 aromatic carbocycles. The molecule has 1 aliphatic carbocycles. The molecule has 1 N–H and O–H groups in total. The van der Waals surface area contributed by atoms with Crippen molar-refractivity contribution < 1.29 is 23.4 Å². The maximum Gasteiger partial charge on any atom is 0.224 e. The molecule has 0 saturated heterocycles. The number of likely N-dealkylation sites (N-methyl/N-ethyl adjacent to an activating group) is 1. The van der Waals surface area contributed by atoms with Crippen LogP contribution in [0, 0.1) is 5.82 Å². The molecule has 3 rings (SSSR count). The van der Waals surface area contributed by atoms with E-state index in [-0.39, 0.29) is 18.1 Å². The molecule has 0 aliphatic heterocycles. The molecule has 0 unspecified atom stereocenters. The molecule has 0 aromatic heterocycles. The van der Waals surface area contributed by atoms with Gasteiger partial charge in [-0.1, -0.05) is 19.9 Å². The standard InChI is InChI=1S/C28H35FN2O4/c1-7-31(8-2)12-11-30-27(32)17-23-18(3)22(21-10-9-20(29)16-24(21)23)13-19-14-25(33-4)28(35-6)26(15-19)34-5/h9-10,13-16H,7-8,11-12,17H2,1-6H3,(H,30,32)/b22-13-. The van der Waals surface area contributed by atoms with E-state index in [4.69, 9.17) is 14.2 Å². The van der Waals surface area contributed by atoms with Crippen molar-refractivity contribution in [2.45, 2.75) is 27.2 Å². The molecule has 0 radical (unpaired) electrons. The maximum absolute atomic E-state index is 14.2. The summed E-state index contributed by atoms with van der Waals surface area (Å²) in [5, 5.41) is 3.01. The Kier molecular flexibility index (Phi) is 8.93. The summed E-state index contributed by atoms with van der Waals surface area (Å²) < 4.78 is 30.6. The minimum Gasteiger partial charge on any atom is -0.493 e. The number of amides is 1. The average molecular weight is 483 g/mol. The van der Waals surface area contributed by atoms with Gasteiger partial charge >= 0.3 is 0 Å². The van der Waals surface area contributed by atoms with Crippen LogP contribution in [0.1, 0.15) is 43.9 Å². The number of ether oxygens (including phenoxy) is 3. The smallest absolute Gasteiger partial charge is 0.224 e. The summed E-state index contributed by atoms with van der Waals surface area (Å²) in [6, 6.07) is 8.45. The van der Waals surface area contributed by atoms with Gasteiger partial charge in [0.25, 0.3) is 0 Å². The second-order valence-electron chi connectivity index (χ2n) is 8.36. The van der Waals surface area contributed by atoms with Crippen LogP contribution >= 0.6 is 0 Å². The van der Waals surface area contributed by atoms with E-state index in [0.29, 0.717) is 23.8 Å². The summed E-state index contributed by atoms with van der Waals surface area (Å²) in [5.74, 6) is 1.21. The zero-order valence-corrected chi connectivity index (χ0v) is 21.5. The van der Waals surface area contributed by atoms with Crippen molar-refractivity contribution in [3.63, 3.8) is 0 Å². The number of rotatable bonds is 11. The molecule has 1 aliphatic rings. The summed E-state index contributed by atoms with van der Waals surface area (Å²) in [5.41, 5.74) is 5.19. The molecule has 2 aromatic rings. The second kappa shape index (κ2) is 11.9. The number of hydrogen-bond donors (Lipinski definition) is 1. The van der Waals surface area contributed by atoms with Crippen molar-refractivity contribution in [3.8, 4) is 17.2 Å². The molecular weight excluding hydrogens is 447 g/mol. The lowest BCUT2D eigenvalue weighted by atomic mass is 10.00. The van der Waals surface area contributed by atoms with Crippen LogP contribution in [0.25, 0.3) is 17.2 Å². The number of nitrogens with one attached hydrogen (secondary N) is 1. The van der Waals surface area contributed by atoms with Gasteiger partial charge in [0.15, 0.2) is 11.5 Å². The Morgan fingerprint density at radius 1 is 1.00 bits per heavy atom. The number of halogens is 1. The van der Waals surface area contributed by atoms with Crippen LogP contribution < -0.4 is 19.5 Å². The molecule has 6 nitrogen and oxygen atoms in total. The molecule has 0 atom stereocenters. The van der Waals surface area contributed by atoms with Gasteiger partial charge in [-0.3, -0.25) is 4.79 Å². The van der Waals surface area contributed by atoms with Crippen molar-refractivity contribution in [2.75, 3.05) is 47.5 Å². The SMILES string of the molecule is CCN(CC)CCNC(=O)CC1=C(C)/C(=C/c2cc(OC)c(OC)c(OC)c2)c2ccc(F)cc21. The third-order valence-corrected chi connectivity index (χ3v) is 6.43. The van der Waals surface area contributed by atoms with E-state index in [2.05, 4.69) is 24.1 Å². The first-order valence-corrected chi connectivity index (χ1v) is 11.9. The number of carbonyl (C=O) groups is 1. The number of hydrogen-bond acceptors (Lipinski definition) is 5. The van der Waals surface area contributed by atoms with Crippen LogP contribution in [0.5, 0.6) is 17.2 Å². The minimum atomic E-state index is -0.329. The number of allylic oxidation sites excluding steroid dienone is 2. The van der Waals surface area contributed by atoms with Crippen LogP contribution in [-0.2, 0) is 4.79 Å². The Morgan fingerprint density at radius 3 is 2.23 bits per heavy atom. The van der Waals surface area contributed by atoms with Gasteiger partial charge in [-0.2, -0.15) is 0 Å². The zero-order chi connectivity index (χ0) is 25.5. The molecular formula is C28H35FN2O4. The highest BCUT2D eigenvalue weighted by molar-refractivity contribution is 6.08. The van der Waals surface area contributed by atoms with Crippen molar-refractivity contribution in [1.29, 1.82) is 0 Å². The first-order chi connectivity index (χ1) is 16.9. The van der Waals surface area contributed by atoms with Crippen molar-refractivity contribution in [2.24, 2.45) is 0 Å². The van der Waals surface area contributed by atoms with Gasteiger partial charge in [0, 0.05) is 13.1 Å². The number of fused-ring (bicyclic) bond motifs is 1. The summed E-state index contributed by atoms with van der Waals surface area (Å²) in [4.78, 5) is 15.0. The van der Waals surface area contributed by atoms with E-state index in [1.54, 1.807) is 27.4 Å². The van der Waals surface area contributed by atoms with E-state index in [1.807, 2.05) is 25.1 Å². The van der Waals surface area contributed by atoms with Crippen LogP contribution in [0.3, 0.4) is 0 Å². The van der Waals surface area contributed by atoms with Crippen LogP contribution in [-0.4, -0.2) is 58.3 Å². The third-order valence-electron chi connectivity index (χ3n) is 6.43. The fourth-order valence-electron chi connectivity index (χ4n) is 4.45. The van der Waals surface area contributed by atoms with Gasteiger partial charge in [-0.05, 0) is 83.8 Å². The molecule has 0 saturated carbocycles. The normalized spacial score (nSPS) is 13.9. The van der Waals surface area contributed by atoms with Gasteiger partial charge in [-0.15, -0.1) is 0 Å². The number of nitrogens with zero attached hydrogens (tertiary/aromatic N) is 1. The van der Waals surface area contributed by atoms with Crippen molar-refractivity contribution in [3.05, 3.63) is 58.4 Å². The summed E-state index contributed by atoms with van der Waals surface area (Å²) in [7, 11) is 4.71. The number of methoxy groups -OCH3 is 3. The molecule has 0 bridgehead atoms. The van der Waals surface area contributed by atoms with Crippen molar-refractivity contribution in [1.82, 2.24) is 10.2 Å². The molecule has 0 spiro atoms. The van der Waals surface area contributed by atoms with Crippen molar-refractivity contribution >= 4 is 23.1 Å². The van der Waals surface area contributed by atoms with E-state index in [9.17, 15) is 9.18 Å². The van der Waals surface area contributed by atoms with Gasteiger partial charge in [0.1, 0.15) is 5.82 Å². The lowest BCUT2D eigenvalue weighted by Crippen LogP contribution is -2.34. The molecule has 0 heterocycles. The third kappa shape index (κ3) is 5.85. The highest BCUT2D eigenvalue weighted by Gasteiger charge is 2.26. The van der Waals surface area contributed by atoms with E-state index in [0.717, 1.165) is 53.0 Å². The predicted molar refractivity (Wildman–Crippen MR) is 138 cm³/mol. The fourth-order valence-corrected chi connectivity index (χ4v) is 4.45. The molecule has 35 heavy (non-hydrogen) atoms. The van der Waals surface area contributed by atoms with Crippen LogP contribution in [0.2, 0.25) is 0 Å². The summed E-state index contributed by atoms with van der Waals surface area (Å²) in [6.45, 7) is 9.44. The van der Waals surface area contributed by atoms with E-state index >= 15 is 0 Å². The Labute approximate surface area is 207 Å². The van der Waals surface area contributed by atoms with E-state index in [1.165, 1.54) is 12.1 Å². The van der Waals surface area contributed by atoms with Gasteiger partial charge < -0.3 is 24.4 Å². The zero-order valence-electron chi connectivity index (χ0n) is 21.5. The van der Waals surface area contributed by atoms with Gasteiger partial charge in [0.2, 0.25) is 11.7 Å². The Balaban J connectivity index is 1.95. The quantitative estimate of drug-likeness (QED) is 0.487. The monoisotopic (exact) mass is 482 g/mol. The Bertz CT molecular complexity index is 1110. The highest BCUT2D eigenvalue weighted by atomic mass is 19.1. The van der Waals surface area contributed by atoms with Crippen LogP contribution in [0.15, 0.2) is 35.9 Å². The lowest BCUT2D eigenvalue weighted by molar-refractivity contribution is -0.120. The lowest BCUT2D eigenvalue weighted by Gasteiger charge is -2.18. The molecule has 7 heteroatoms. The molecule has 188 valence electrons. The summed E-state index contributed by atoms with van der Waals surface area (Å²) >= 11 is 0. The first-order valence-electron chi connectivity index (χ1n) is 11.9. The van der Waals surface area contributed by atoms with E-state index < -0.39 is 0 Å². The second-order valence-corrected chi connectivity index (χ2v) is 8.36. The van der Waals surface area contributed by atoms with Gasteiger partial charge in [0.05, 0.1) is 27.8 Å².